The molecular weight excluding hydrogens is 244 g/mol. The molecule has 1 N–H and O–H groups in total. The molecule has 0 saturated carbocycles. The molecule has 1 aromatic carbocycles. The number of hydrogen-bond acceptors (Lipinski definition) is 4. The van der Waals surface area contributed by atoms with Crippen molar-refractivity contribution in [3.63, 3.8) is 0 Å². The first-order valence-corrected chi connectivity index (χ1v) is 5.63. The van der Waals surface area contributed by atoms with Crippen LogP contribution in [-0.4, -0.2) is 27.7 Å². The van der Waals surface area contributed by atoms with Crippen LogP contribution in [0.4, 0.5) is 0 Å². The predicted molar refractivity (Wildman–Crippen MR) is 70.5 cm³/mol. The molecule has 2 aromatic rings. The van der Waals surface area contributed by atoms with Crippen molar-refractivity contribution in [2.75, 3.05) is 6.61 Å². The molecule has 19 heavy (non-hydrogen) atoms. The summed E-state index contributed by atoms with van der Waals surface area (Å²) in [5.74, 6) is -0.467. The molecule has 0 amide bonds. The van der Waals surface area contributed by atoms with Gasteiger partial charge in [-0.3, -0.25) is 9.97 Å². The lowest BCUT2D eigenvalue weighted by atomic mass is 10.2. The van der Waals surface area contributed by atoms with Crippen LogP contribution in [-0.2, 0) is 4.79 Å². The van der Waals surface area contributed by atoms with E-state index in [1.54, 1.807) is 30.7 Å². The van der Waals surface area contributed by atoms with E-state index in [2.05, 4.69) is 9.97 Å². The summed E-state index contributed by atoms with van der Waals surface area (Å²) in [5.41, 5.74) is 1.74. The van der Waals surface area contributed by atoms with Gasteiger partial charge in [-0.2, -0.15) is 0 Å². The summed E-state index contributed by atoms with van der Waals surface area (Å²) in [4.78, 5) is 18.4. The number of rotatable bonds is 5. The Balaban J connectivity index is 1.99. The Kier molecular flexibility index (Phi) is 4.23. The Morgan fingerprint density at radius 1 is 1.21 bits per heavy atom. The van der Waals surface area contributed by atoms with E-state index in [0.29, 0.717) is 5.75 Å². The minimum Gasteiger partial charge on any atom is -0.482 e. The number of aromatic nitrogens is 2. The van der Waals surface area contributed by atoms with Gasteiger partial charge in [0.15, 0.2) is 6.61 Å². The van der Waals surface area contributed by atoms with Crippen LogP contribution in [0.15, 0.2) is 42.9 Å². The lowest BCUT2D eigenvalue weighted by Gasteiger charge is -2.02. The van der Waals surface area contributed by atoms with Crippen molar-refractivity contribution in [2.45, 2.75) is 0 Å². The molecule has 96 valence electrons. The number of hydrogen-bond donors (Lipinski definition) is 1. The number of carbonyl (C=O) groups is 1. The van der Waals surface area contributed by atoms with Crippen LogP contribution in [0.1, 0.15) is 11.3 Å². The number of nitrogens with zero attached hydrogens (tertiary/aromatic N) is 2. The monoisotopic (exact) mass is 256 g/mol. The van der Waals surface area contributed by atoms with Crippen LogP contribution >= 0.6 is 0 Å². The van der Waals surface area contributed by atoms with E-state index < -0.39 is 5.97 Å². The second-order valence-corrected chi connectivity index (χ2v) is 3.72. The van der Waals surface area contributed by atoms with Crippen molar-refractivity contribution in [3.05, 3.63) is 54.1 Å². The molecule has 0 spiro atoms. The Morgan fingerprint density at radius 2 is 2.00 bits per heavy atom. The van der Waals surface area contributed by atoms with Gasteiger partial charge in [0.1, 0.15) is 5.75 Å². The van der Waals surface area contributed by atoms with E-state index in [1.165, 1.54) is 0 Å². The molecule has 1 aromatic heterocycles. The van der Waals surface area contributed by atoms with Crippen molar-refractivity contribution in [3.8, 4) is 5.75 Å². The summed E-state index contributed by atoms with van der Waals surface area (Å²) in [7, 11) is 0. The van der Waals surface area contributed by atoms with Gasteiger partial charge in [0.25, 0.3) is 0 Å². The highest BCUT2D eigenvalue weighted by Crippen LogP contribution is 2.13. The van der Waals surface area contributed by atoms with Crippen LogP contribution in [0.5, 0.6) is 5.75 Å². The average Bonchev–Trinajstić information content (AvgIpc) is 2.45. The predicted octanol–water partition coefficient (Wildman–Crippen LogP) is 2.11. The molecule has 5 heteroatoms. The van der Waals surface area contributed by atoms with Crippen molar-refractivity contribution in [1.29, 1.82) is 0 Å². The van der Waals surface area contributed by atoms with Gasteiger partial charge in [-0.1, -0.05) is 18.2 Å². The molecule has 2 rings (SSSR count). The number of carboxylic acid groups (broad SMARTS) is 1. The zero-order valence-corrected chi connectivity index (χ0v) is 10.1. The molecule has 0 aliphatic carbocycles. The second-order valence-electron chi connectivity index (χ2n) is 3.72. The summed E-state index contributed by atoms with van der Waals surface area (Å²) in [5, 5.41) is 8.49. The number of benzene rings is 1. The van der Waals surface area contributed by atoms with Crippen molar-refractivity contribution in [1.82, 2.24) is 9.97 Å². The highest BCUT2D eigenvalue weighted by Gasteiger charge is 1.98. The molecule has 0 unspecified atom stereocenters. The van der Waals surface area contributed by atoms with Gasteiger partial charge in [0.2, 0.25) is 0 Å². The first kappa shape index (κ1) is 12.8. The Bertz CT molecular complexity index is 565. The van der Waals surface area contributed by atoms with Crippen LogP contribution in [0.3, 0.4) is 0 Å². The number of aliphatic carboxylic acids is 1. The highest BCUT2D eigenvalue weighted by molar-refractivity contribution is 5.69. The maximum Gasteiger partial charge on any atom is 0.341 e. The van der Waals surface area contributed by atoms with Crippen molar-refractivity contribution >= 4 is 18.1 Å². The summed E-state index contributed by atoms with van der Waals surface area (Å²) < 4.78 is 5.04. The first-order valence-electron chi connectivity index (χ1n) is 5.63. The molecular formula is C14H12N2O3. The topological polar surface area (TPSA) is 72.3 Å². The molecule has 0 radical (unpaired) electrons. The lowest BCUT2D eigenvalue weighted by molar-refractivity contribution is -0.139. The van der Waals surface area contributed by atoms with E-state index in [1.807, 2.05) is 24.3 Å². The van der Waals surface area contributed by atoms with E-state index >= 15 is 0 Å². The molecule has 0 aliphatic rings. The van der Waals surface area contributed by atoms with Gasteiger partial charge in [-0.05, 0) is 23.8 Å². The van der Waals surface area contributed by atoms with Gasteiger partial charge < -0.3 is 9.84 Å². The van der Waals surface area contributed by atoms with Gasteiger partial charge in [-0.15, -0.1) is 0 Å². The zero-order valence-electron chi connectivity index (χ0n) is 10.1. The number of carboxylic acids is 1. The Labute approximate surface area is 110 Å². The fourth-order valence-electron chi connectivity index (χ4n) is 1.40. The Morgan fingerprint density at radius 3 is 2.63 bits per heavy atom. The largest absolute Gasteiger partial charge is 0.482 e. The normalized spacial score (nSPS) is 10.5. The quantitative estimate of drug-likeness (QED) is 0.887. The lowest BCUT2D eigenvalue weighted by Crippen LogP contribution is -2.09. The maximum absolute atomic E-state index is 10.3. The van der Waals surface area contributed by atoms with E-state index in [-0.39, 0.29) is 6.61 Å². The average molecular weight is 256 g/mol. The van der Waals surface area contributed by atoms with Crippen LogP contribution in [0.2, 0.25) is 0 Å². The third-order valence-corrected chi connectivity index (χ3v) is 2.27. The third kappa shape index (κ3) is 4.23. The molecule has 0 fully saturated rings. The van der Waals surface area contributed by atoms with Crippen LogP contribution in [0.25, 0.3) is 12.2 Å². The molecule has 0 saturated heterocycles. The zero-order chi connectivity index (χ0) is 13.5. The molecule has 0 bridgehead atoms. The standard InChI is InChI=1S/C14H12N2O3/c17-14(18)10-19-13-5-2-11(3-6-13)1-4-12-9-15-7-8-16-12/h1-9H,10H2,(H,17,18)/b4-1+. The summed E-state index contributed by atoms with van der Waals surface area (Å²) in [6, 6.07) is 7.12. The fraction of sp³-hybridized carbons (Fsp3) is 0.0714. The van der Waals surface area contributed by atoms with Gasteiger partial charge in [0.05, 0.1) is 11.9 Å². The molecule has 1 heterocycles. The summed E-state index contributed by atoms with van der Waals surface area (Å²) in [6.45, 7) is -0.339. The van der Waals surface area contributed by atoms with Gasteiger partial charge in [0, 0.05) is 12.4 Å². The first-order chi connectivity index (χ1) is 9.24. The fourth-order valence-corrected chi connectivity index (χ4v) is 1.40. The highest BCUT2D eigenvalue weighted by atomic mass is 16.5. The van der Waals surface area contributed by atoms with Crippen LogP contribution in [0, 0.1) is 0 Å². The second kappa shape index (κ2) is 6.30. The van der Waals surface area contributed by atoms with E-state index in [9.17, 15) is 4.79 Å². The SMILES string of the molecule is O=C(O)COc1ccc(/C=C/c2cnccn2)cc1. The van der Waals surface area contributed by atoms with E-state index in [4.69, 9.17) is 9.84 Å². The maximum atomic E-state index is 10.3. The minimum absolute atomic E-state index is 0.339. The Hall–Kier alpha value is -2.69. The van der Waals surface area contributed by atoms with E-state index in [0.717, 1.165) is 11.3 Å². The number of ether oxygens (including phenoxy) is 1. The van der Waals surface area contributed by atoms with Gasteiger partial charge >= 0.3 is 5.97 Å². The smallest absolute Gasteiger partial charge is 0.341 e. The third-order valence-electron chi connectivity index (χ3n) is 2.27. The molecule has 0 aliphatic heterocycles. The summed E-state index contributed by atoms with van der Waals surface area (Å²) >= 11 is 0. The van der Waals surface area contributed by atoms with Crippen LogP contribution < -0.4 is 4.74 Å². The minimum atomic E-state index is -0.994. The summed E-state index contributed by atoms with van der Waals surface area (Å²) in [6.07, 6.45) is 8.65. The van der Waals surface area contributed by atoms with Crippen molar-refractivity contribution < 1.29 is 14.6 Å². The molecule has 0 atom stereocenters. The van der Waals surface area contributed by atoms with Gasteiger partial charge in [-0.25, -0.2) is 4.79 Å². The molecule has 5 nitrogen and oxygen atoms in total. The van der Waals surface area contributed by atoms with Crippen molar-refractivity contribution in [2.24, 2.45) is 0 Å².